The first-order valence-electron chi connectivity index (χ1n) is 3.79. The standard InChI is InChI=1S/C8H6N2O3S/c1-4-7(14-3-9-4)5-2-6(8(11)12)13-10-5/h2-3H,1H3,(H,11,12). The molecule has 0 bridgehead atoms. The fourth-order valence-electron chi connectivity index (χ4n) is 1.03. The number of nitrogens with zero attached hydrogens (tertiary/aromatic N) is 2. The van der Waals surface area contributed by atoms with Crippen molar-refractivity contribution in [3.05, 3.63) is 23.0 Å². The molecule has 0 amide bonds. The first-order chi connectivity index (χ1) is 6.68. The summed E-state index contributed by atoms with van der Waals surface area (Å²) >= 11 is 1.40. The normalized spacial score (nSPS) is 10.4. The van der Waals surface area contributed by atoms with Gasteiger partial charge in [-0.1, -0.05) is 5.16 Å². The van der Waals surface area contributed by atoms with Gasteiger partial charge in [-0.3, -0.25) is 0 Å². The third-order valence-corrected chi connectivity index (χ3v) is 2.65. The Morgan fingerprint density at radius 1 is 1.64 bits per heavy atom. The van der Waals surface area contributed by atoms with Crippen LogP contribution in [0.15, 0.2) is 16.1 Å². The zero-order chi connectivity index (χ0) is 10.1. The lowest BCUT2D eigenvalue weighted by atomic mass is 10.3. The maximum Gasteiger partial charge on any atom is 0.374 e. The van der Waals surface area contributed by atoms with Crippen LogP contribution in [0.5, 0.6) is 0 Å². The summed E-state index contributed by atoms with van der Waals surface area (Å²) in [5.74, 6) is -1.28. The number of rotatable bonds is 2. The van der Waals surface area contributed by atoms with Crippen LogP contribution in [-0.2, 0) is 0 Å². The Labute approximate surface area is 83.0 Å². The van der Waals surface area contributed by atoms with E-state index in [4.69, 9.17) is 5.11 Å². The maximum absolute atomic E-state index is 10.5. The molecule has 0 fully saturated rings. The summed E-state index contributed by atoms with van der Waals surface area (Å²) in [6.07, 6.45) is 0. The van der Waals surface area contributed by atoms with Gasteiger partial charge in [0.05, 0.1) is 16.1 Å². The van der Waals surface area contributed by atoms with Crippen LogP contribution < -0.4 is 0 Å². The highest BCUT2D eigenvalue weighted by molar-refractivity contribution is 7.13. The van der Waals surface area contributed by atoms with E-state index in [9.17, 15) is 4.79 Å². The average molecular weight is 210 g/mol. The molecule has 5 nitrogen and oxygen atoms in total. The predicted molar refractivity (Wildman–Crippen MR) is 49.3 cm³/mol. The van der Waals surface area contributed by atoms with Gasteiger partial charge in [0, 0.05) is 6.07 Å². The lowest BCUT2D eigenvalue weighted by Crippen LogP contribution is -1.91. The molecule has 0 aliphatic rings. The van der Waals surface area contributed by atoms with E-state index in [-0.39, 0.29) is 5.76 Å². The summed E-state index contributed by atoms with van der Waals surface area (Å²) in [7, 11) is 0. The molecule has 0 aliphatic heterocycles. The minimum atomic E-state index is -1.12. The smallest absolute Gasteiger partial charge is 0.374 e. The van der Waals surface area contributed by atoms with Gasteiger partial charge in [0.2, 0.25) is 5.76 Å². The minimum absolute atomic E-state index is 0.159. The van der Waals surface area contributed by atoms with Crippen LogP contribution in [0.2, 0.25) is 0 Å². The topological polar surface area (TPSA) is 76.2 Å². The molecule has 14 heavy (non-hydrogen) atoms. The van der Waals surface area contributed by atoms with Crippen molar-refractivity contribution in [3.63, 3.8) is 0 Å². The predicted octanol–water partition coefficient (Wildman–Crippen LogP) is 1.80. The monoisotopic (exact) mass is 210 g/mol. The maximum atomic E-state index is 10.5. The van der Waals surface area contributed by atoms with Crippen molar-refractivity contribution in [1.82, 2.24) is 10.1 Å². The Morgan fingerprint density at radius 3 is 2.93 bits per heavy atom. The molecule has 0 aliphatic carbocycles. The summed E-state index contributed by atoms with van der Waals surface area (Å²) in [4.78, 5) is 15.4. The van der Waals surface area contributed by atoms with E-state index in [1.807, 2.05) is 6.92 Å². The molecule has 2 heterocycles. The molecule has 2 rings (SSSR count). The fourth-order valence-corrected chi connectivity index (χ4v) is 1.79. The van der Waals surface area contributed by atoms with Gasteiger partial charge in [0.25, 0.3) is 0 Å². The van der Waals surface area contributed by atoms with Gasteiger partial charge in [-0.25, -0.2) is 9.78 Å². The lowest BCUT2D eigenvalue weighted by molar-refractivity contribution is 0.0652. The van der Waals surface area contributed by atoms with Gasteiger partial charge in [0.1, 0.15) is 5.69 Å². The first kappa shape index (κ1) is 8.89. The molecule has 72 valence electrons. The molecule has 0 radical (unpaired) electrons. The van der Waals surface area contributed by atoms with Crippen molar-refractivity contribution in [2.24, 2.45) is 0 Å². The van der Waals surface area contributed by atoms with Crippen LogP contribution in [0.1, 0.15) is 16.2 Å². The number of carboxylic acid groups (broad SMARTS) is 1. The summed E-state index contributed by atoms with van der Waals surface area (Å²) in [5, 5.41) is 12.3. The molecule has 0 unspecified atom stereocenters. The molecule has 0 atom stereocenters. The second-order valence-electron chi connectivity index (χ2n) is 2.65. The quantitative estimate of drug-likeness (QED) is 0.817. The van der Waals surface area contributed by atoms with Crippen molar-refractivity contribution in [2.45, 2.75) is 6.92 Å². The molecular weight excluding hydrogens is 204 g/mol. The number of carboxylic acids is 1. The largest absolute Gasteiger partial charge is 0.475 e. The van der Waals surface area contributed by atoms with Crippen molar-refractivity contribution in [1.29, 1.82) is 0 Å². The lowest BCUT2D eigenvalue weighted by Gasteiger charge is -1.87. The highest BCUT2D eigenvalue weighted by Gasteiger charge is 2.14. The highest BCUT2D eigenvalue weighted by atomic mass is 32.1. The summed E-state index contributed by atoms with van der Waals surface area (Å²) in [6, 6.07) is 1.39. The summed E-state index contributed by atoms with van der Waals surface area (Å²) in [5.41, 5.74) is 3.02. The van der Waals surface area contributed by atoms with E-state index in [0.717, 1.165) is 10.6 Å². The third kappa shape index (κ3) is 1.39. The van der Waals surface area contributed by atoms with Gasteiger partial charge in [-0.15, -0.1) is 11.3 Å². The van der Waals surface area contributed by atoms with Crippen LogP contribution in [-0.4, -0.2) is 21.2 Å². The second-order valence-corrected chi connectivity index (χ2v) is 3.50. The van der Waals surface area contributed by atoms with Crippen LogP contribution in [0.3, 0.4) is 0 Å². The molecule has 2 aromatic rings. The Morgan fingerprint density at radius 2 is 2.43 bits per heavy atom. The third-order valence-electron chi connectivity index (χ3n) is 1.70. The molecule has 1 N–H and O–H groups in total. The molecule has 0 aromatic carbocycles. The van der Waals surface area contributed by atoms with Gasteiger partial charge in [0.15, 0.2) is 0 Å². The number of aromatic carboxylic acids is 1. The van der Waals surface area contributed by atoms with E-state index in [1.54, 1.807) is 5.51 Å². The van der Waals surface area contributed by atoms with Crippen molar-refractivity contribution < 1.29 is 14.4 Å². The molecule has 0 spiro atoms. The Kier molecular flexibility index (Phi) is 2.05. The van der Waals surface area contributed by atoms with Crippen LogP contribution in [0.4, 0.5) is 0 Å². The van der Waals surface area contributed by atoms with Crippen LogP contribution >= 0.6 is 11.3 Å². The molecule has 2 aromatic heterocycles. The Balaban J connectivity index is 2.43. The number of aryl methyl sites for hydroxylation is 1. The van der Waals surface area contributed by atoms with Gasteiger partial charge < -0.3 is 9.63 Å². The average Bonchev–Trinajstić information content (AvgIpc) is 2.71. The van der Waals surface area contributed by atoms with E-state index < -0.39 is 5.97 Å². The zero-order valence-electron chi connectivity index (χ0n) is 7.22. The Hall–Kier alpha value is -1.69. The van der Waals surface area contributed by atoms with Crippen molar-refractivity contribution >= 4 is 17.3 Å². The molecule has 0 saturated heterocycles. The van der Waals surface area contributed by atoms with Crippen LogP contribution in [0.25, 0.3) is 10.6 Å². The molecular formula is C8H6N2O3S. The first-order valence-corrected chi connectivity index (χ1v) is 4.67. The van der Waals surface area contributed by atoms with Gasteiger partial charge in [-0.2, -0.15) is 0 Å². The number of hydrogen-bond acceptors (Lipinski definition) is 5. The summed E-state index contributed by atoms with van der Waals surface area (Å²) in [6.45, 7) is 1.83. The fraction of sp³-hybridized carbons (Fsp3) is 0.125. The van der Waals surface area contributed by atoms with E-state index in [1.165, 1.54) is 17.4 Å². The van der Waals surface area contributed by atoms with Crippen molar-refractivity contribution in [2.75, 3.05) is 0 Å². The SMILES string of the molecule is Cc1ncsc1-c1cc(C(=O)O)on1. The highest BCUT2D eigenvalue weighted by Crippen LogP contribution is 2.26. The molecule has 6 heteroatoms. The summed E-state index contributed by atoms with van der Waals surface area (Å²) < 4.78 is 4.63. The number of hydrogen-bond donors (Lipinski definition) is 1. The Bertz CT molecular complexity index is 474. The number of carbonyl (C=O) groups is 1. The zero-order valence-corrected chi connectivity index (χ0v) is 8.04. The van der Waals surface area contributed by atoms with Crippen LogP contribution in [0, 0.1) is 6.92 Å². The van der Waals surface area contributed by atoms with E-state index in [0.29, 0.717) is 5.69 Å². The molecule has 0 saturated carbocycles. The minimum Gasteiger partial charge on any atom is -0.475 e. The van der Waals surface area contributed by atoms with E-state index >= 15 is 0 Å². The number of aromatic nitrogens is 2. The van der Waals surface area contributed by atoms with E-state index in [2.05, 4.69) is 14.7 Å². The number of thiazole rings is 1. The second kappa shape index (κ2) is 3.22. The van der Waals surface area contributed by atoms with Gasteiger partial charge >= 0.3 is 5.97 Å². The van der Waals surface area contributed by atoms with Gasteiger partial charge in [-0.05, 0) is 6.92 Å². The van der Waals surface area contributed by atoms with Crippen molar-refractivity contribution in [3.8, 4) is 10.6 Å².